The van der Waals surface area contributed by atoms with Crippen LogP contribution in [0.15, 0.2) is 24.3 Å². The summed E-state index contributed by atoms with van der Waals surface area (Å²) in [7, 11) is 0. The van der Waals surface area contributed by atoms with Crippen LogP contribution in [0, 0.1) is 0 Å². The number of halogens is 1. The molecule has 19 heavy (non-hydrogen) atoms. The van der Waals surface area contributed by atoms with Gasteiger partial charge in [-0.05, 0) is 56.6 Å². The van der Waals surface area contributed by atoms with Gasteiger partial charge in [-0.15, -0.1) is 0 Å². The molecular formula is C16H25ClN2. The van der Waals surface area contributed by atoms with Crippen molar-refractivity contribution >= 4 is 11.6 Å². The molecule has 0 saturated carbocycles. The molecule has 0 bridgehead atoms. The number of hydrogen-bond acceptors (Lipinski definition) is 2. The molecule has 2 nitrogen and oxygen atoms in total. The van der Waals surface area contributed by atoms with Crippen molar-refractivity contribution in [2.75, 3.05) is 19.6 Å². The Morgan fingerprint density at radius 2 is 2.26 bits per heavy atom. The van der Waals surface area contributed by atoms with E-state index in [1.54, 1.807) is 0 Å². The minimum absolute atomic E-state index is 0.729. The summed E-state index contributed by atoms with van der Waals surface area (Å²) in [6, 6.07) is 9.00. The maximum Gasteiger partial charge on any atom is 0.0409 e. The summed E-state index contributed by atoms with van der Waals surface area (Å²) in [5.74, 6) is 0. The predicted molar refractivity (Wildman–Crippen MR) is 82.7 cm³/mol. The van der Waals surface area contributed by atoms with Gasteiger partial charge in [0.25, 0.3) is 0 Å². The highest BCUT2D eigenvalue weighted by Crippen LogP contribution is 2.22. The lowest BCUT2D eigenvalue weighted by atomic mass is 9.98. The van der Waals surface area contributed by atoms with Crippen molar-refractivity contribution in [1.29, 1.82) is 0 Å². The minimum Gasteiger partial charge on any atom is -0.317 e. The van der Waals surface area contributed by atoms with Gasteiger partial charge in [-0.2, -0.15) is 0 Å². The molecule has 106 valence electrons. The lowest BCUT2D eigenvalue weighted by Crippen LogP contribution is -2.40. The minimum atomic E-state index is 0.729. The molecule has 2 rings (SSSR count). The van der Waals surface area contributed by atoms with E-state index in [9.17, 15) is 0 Å². The molecule has 1 aromatic rings. The number of rotatable bonds is 6. The van der Waals surface area contributed by atoms with Gasteiger partial charge in [-0.3, -0.25) is 4.90 Å². The van der Waals surface area contributed by atoms with Crippen molar-refractivity contribution in [3.63, 3.8) is 0 Å². The van der Waals surface area contributed by atoms with Gasteiger partial charge >= 0.3 is 0 Å². The molecule has 1 aliphatic rings. The molecule has 0 aromatic heterocycles. The Bertz CT molecular complexity index is 381. The zero-order valence-corrected chi connectivity index (χ0v) is 12.6. The van der Waals surface area contributed by atoms with Gasteiger partial charge in [0.05, 0.1) is 0 Å². The van der Waals surface area contributed by atoms with E-state index in [1.165, 1.54) is 37.8 Å². The van der Waals surface area contributed by atoms with E-state index in [0.717, 1.165) is 30.7 Å². The van der Waals surface area contributed by atoms with Crippen molar-refractivity contribution < 1.29 is 0 Å². The van der Waals surface area contributed by atoms with E-state index in [-0.39, 0.29) is 0 Å². The number of nitrogens with zero attached hydrogens (tertiary/aromatic N) is 1. The fraction of sp³-hybridized carbons (Fsp3) is 0.625. The topological polar surface area (TPSA) is 15.3 Å². The van der Waals surface area contributed by atoms with Gasteiger partial charge in [0.15, 0.2) is 0 Å². The Labute approximate surface area is 122 Å². The molecule has 0 radical (unpaired) electrons. The summed E-state index contributed by atoms with van der Waals surface area (Å²) in [5, 5.41) is 4.29. The average molecular weight is 281 g/mol. The van der Waals surface area contributed by atoms with Crippen molar-refractivity contribution in [1.82, 2.24) is 10.2 Å². The number of piperidine rings is 1. The molecule has 1 fully saturated rings. The standard InChI is InChI=1S/C16H25ClN2/c1-2-18-10-9-16-8-3-4-11-19(16)13-14-6-5-7-15(17)12-14/h5-7,12,16,18H,2-4,8-11,13H2,1H3. The zero-order chi connectivity index (χ0) is 13.5. The molecule has 3 heteroatoms. The van der Waals surface area contributed by atoms with Crippen molar-refractivity contribution in [2.24, 2.45) is 0 Å². The highest BCUT2D eigenvalue weighted by Gasteiger charge is 2.21. The SMILES string of the molecule is CCNCCC1CCCCN1Cc1cccc(Cl)c1. The molecule has 0 aliphatic carbocycles. The maximum atomic E-state index is 6.07. The third kappa shape index (κ3) is 4.79. The van der Waals surface area contributed by atoms with Crippen molar-refractivity contribution in [3.05, 3.63) is 34.9 Å². The molecule has 0 spiro atoms. The maximum absolute atomic E-state index is 6.07. The normalized spacial score (nSPS) is 20.6. The van der Waals surface area contributed by atoms with Gasteiger partial charge in [-0.25, -0.2) is 0 Å². The summed E-state index contributed by atoms with van der Waals surface area (Å²) in [4.78, 5) is 2.63. The van der Waals surface area contributed by atoms with Gasteiger partial charge in [0, 0.05) is 17.6 Å². The van der Waals surface area contributed by atoms with E-state index < -0.39 is 0 Å². The van der Waals surface area contributed by atoms with Crippen molar-refractivity contribution in [3.8, 4) is 0 Å². The molecular weight excluding hydrogens is 256 g/mol. The third-order valence-electron chi connectivity index (χ3n) is 3.93. The van der Waals surface area contributed by atoms with Crippen LogP contribution in [0.2, 0.25) is 5.02 Å². The highest BCUT2D eigenvalue weighted by molar-refractivity contribution is 6.30. The smallest absolute Gasteiger partial charge is 0.0409 e. The molecule has 1 aromatic carbocycles. The molecule has 1 N–H and O–H groups in total. The monoisotopic (exact) mass is 280 g/mol. The Kier molecular flexibility index (Phi) is 6.15. The summed E-state index contributed by atoms with van der Waals surface area (Å²) in [6.45, 7) is 6.64. The fourth-order valence-electron chi connectivity index (χ4n) is 2.91. The largest absolute Gasteiger partial charge is 0.317 e. The van der Waals surface area contributed by atoms with Gasteiger partial charge in [0.1, 0.15) is 0 Å². The van der Waals surface area contributed by atoms with Gasteiger partial charge in [-0.1, -0.05) is 37.1 Å². The lowest BCUT2D eigenvalue weighted by Gasteiger charge is -2.36. The lowest BCUT2D eigenvalue weighted by molar-refractivity contribution is 0.132. The number of benzene rings is 1. The van der Waals surface area contributed by atoms with E-state index >= 15 is 0 Å². The van der Waals surface area contributed by atoms with Crippen LogP contribution < -0.4 is 5.32 Å². The first kappa shape index (κ1) is 14.8. The van der Waals surface area contributed by atoms with Crippen LogP contribution in [0.25, 0.3) is 0 Å². The van der Waals surface area contributed by atoms with Gasteiger partial charge in [0.2, 0.25) is 0 Å². The van der Waals surface area contributed by atoms with E-state index in [1.807, 2.05) is 6.07 Å². The molecule has 1 atom stereocenters. The average Bonchev–Trinajstić information content (AvgIpc) is 2.41. The van der Waals surface area contributed by atoms with Gasteiger partial charge < -0.3 is 5.32 Å². The molecule has 1 saturated heterocycles. The summed E-state index contributed by atoms with van der Waals surface area (Å²) >= 11 is 6.07. The van der Waals surface area contributed by atoms with Crippen LogP contribution in [-0.2, 0) is 6.54 Å². The Morgan fingerprint density at radius 3 is 3.05 bits per heavy atom. The van der Waals surface area contributed by atoms with Crippen LogP contribution in [0.4, 0.5) is 0 Å². The molecule has 1 unspecified atom stereocenters. The first-order valence-corrected chi connectivity index (χ1v) is 7.86. The Hall–Kier alpha value is -0.570. The van der Waals surface area contributed by atoms with Crippen LogP contribution in [-0.4, -0.2) is 30.6 Å². The van der Waals surface area contributed by atoms with Crippen LogP contribution in [0.5, 0.6) is 0 Å². The van der Waals surface area contributed by atoms with E-state index in [4.69, 9.17) is 11.6 Å². The fourth-order valence-corrected chi connectivity index (χ4v) is 3.12. The van der Waals surface area contributed by atoms with Crippen LogP contribution in [0.1, 0.15) is 38.2 Å². The first-order chi connectivity index (χ1) is 9.29. The number of hydrogen-bond donors (Lipinski definition) is 1. The van der Waals surface area contributed by atoms with E-state index in [2.05, 4.69) is 35.3 Å². The second kappa shape index (κ2) is 7.88. The van der Waals surface area contributed by atoms with Crippen LogP contribution in [0.3, 0.4) is 0 Å². The summed E-state index contributed by atoms with van der Waals surface area (Å²) in [6.07, 6.45) is 5.31. The van der Waals surface area contributed by atoms with Crippen LogP contribution >= 0.6 is 11.6 Å². The second-order valence-electron chi connectivity index (χ2n) is 5.39. The Morgan fingerprint density at radius 1 is 1.37 bits per heavy atom. The third-order valence-corrected chi connectivity index (χ3v) is 4.16. The molecule has 1 heterocycles. The predicted octanol–water partition coefficient (Wildman–Crippen LogP) is 3.69. The quantitative estimate of drug-likeness (QED) is 0.800. The molecule has 0 amide bonds. The highest BCUT2D eigenvalue weighted by atomic mass is 35.5. The van der Waals surface area contributed by atoms with E-state index in [0.29, 0.717) is 0 Å². The summed E-state index contributed by atoms with van der Waals surface area (Å²) in [5.41, 5.74) is 1.34. The molecule has 1 aliphatic heterocycles. The number of nitrogens with one attached hydrogen (secondary N) is 1. The summed E-state index contributed by atoms with van der Waals surface area (Å²) < 4.78 is 0. The zero-order valence-electron chi connectivity index (χ0n) is 11.9. The second-order valence-corrected chi connectivity index (χ2v) is 5.83. The van der Waals surface area contributed by atoms with Crippen molar-refractivity contribution in [2.45, 2.75) is 45.2 Å². The number of likely N-dealkylation sites (tertiary alicyclic amines) is 1. The first-order valence-electron chi connectivity index (χ1n) is 7.49. The Balaban J connectivity index is 1.91.